The zero-order chi connectivity index (χ0) is 15.4. The van der Waals surface area contributed by atoms with Crippen LogP contribution in [-0.4, -0.2) is 55.1 Å². The van der Waals surface area contributed by atoms with Crippen molar-refractivity contribution >= 4 is 0 Å². The normalized spacial score (nSPS) is 15.9. The van der Waals surface area contributed by atoms with E-state index in [4.69, 9.17) is 10.2 Å². The van der Waals surface area contributed by atoms with E-state index in [1.54, 1.807) is 6.92 Å². The summed E-state index contributed by atoms with van der Waals surface area (Å²) in [4.78, 5) is 0. The van der Waals surface area contributed by atoms with Gasteiger partial charge < -0.3 is 24.4 Å². The molecule has 0 rings (SSSR count). The predicted octanol–water partition coefficient (Wildman–Crippen LogP) is 1.58. The van der Waals surface area contributed by atoms with Crippen LogP contribution in [0.15, 0.2) is 0 Å². The largest absolute Gasteiger partial charge is 0.368 e. The highest BCUT2D eigenvalue weighted by Crippen LogP contribution is 2.08. The molecule has 9 heteroatoms. The second-order valence-electron chi connectivity index (χ2n) is 3.22. The summed E-state index contributed by atoms with van der Waals surface area (Å²) >= 11 is 0. The minimum atomic E-state index is -2.73. The van der Waals surface area contributed by atoms with E-state index in [-0.39, 0.29) is 6.61 Å². The molecule has 5 nitrogen and oxygen atoms in total. The van der Waals surface area contributed by atoms with Gasteiger partial charge in [0.1, 0.15) is 6.61 Å². The maximum atomic E-state index is 11.9. The number of aliphatic hydroxyl groups excluding tert-OH is 2. The van der Waals surface area contributed by atoms with Crippen molar-refractivity contribution in [1.29, 1.82) is 0 Å². The molecule has 0 aromatic carbocycles. The molecule has 0 amide bonds. The molecule has 0 spiro atoms. The Balaban J connectivity index is 0. The number of hydrogen-bond donors (Lipinski definition) is 2. The fourth-order valence-corrected chi connectivity index (χ4v) is 0.742. The zero-order valence-electron chi connectivity index (χ0n) is 10.9. The molecular formula is C10H20F4O5. The van der Waals surface area contributed by atoms with Crippen molar-refractivity contribution in [2.45, 2.75) is 52.5 Å². The second-order valence-corrected chi connectivity index (χ2v) is 3.22. The first kappa shape index (κ1) is 20.8. The van der Waals surface area contributed by atoms with E-state index >= 15 is 0 Å². The fourth-order valence-electron chi connectivity index (χ4n) is 0.742. The summed E-state index contributed by atoms with van der Waals surface area (Å²) < 4.78 is 59.0. The Hall–Kier alpha value is -0.480. The van der Waals surface area contributed by atoms with Gasteiger partial charge in [-0.15, -0.1) is 0 Å². The molecule has 0 aliphatic heterocycles. The van der Waals surface area contributed by atoms with Crippen molar-refractivity contribution in [2.75, 3.05) is 13.2 Å². The van der Waals surface area contributed by atoms with Crippen LogP contribution in [0.5, 0.6) is 0 Å². The number of hydrogen-bond acceptors (Lipinski definition) is 5. The first-order valence-corrected chi connectivity index (χ1v) is 5.51. The summed E-state index contributed by atoms with van der Waals surface area (Å²) in [6.45, 7) is 3.52. The topological polar surface area (TPSA) is 68.2 Å². The van der Waals surface area contributed by atoms with Crippen LogP contribution in [0.2, 0.25) is 0 Å². The van der Waals surface area contributed by atoms with Crippen molar-refractivity contribution in [3.63, 3.8) is 0 Å². The van der Waals surface area contributed by atoms with Gasteiger partial charge >= 0.3 is 0 Å². The van der Waals surface area contributed by atoms with Crippen molar-refractivity contribution < 1.29 is 42.0 Å². The fraction of sp³-hybridized carbons (Fsp3) is 1.00. The van der Waals surface area contributed by atoms with E-state index < -0.39 is 38.3 Å². The first-order chi connectivity index (χ1) is 8.70. The van der Waals surface area contributed by atoms with Gasteiger partial charge in [-0.1, -0.05) is 0 Å². The van der Waals surface area contributed by atoms with Crippen molar-refractivity contribution in [1.82, 2.24) is 0 Å². The van der Waals surface area contributed by atoms with Gasteiger partial charge in [0.25, 0.3) is 12.9 Å². The molecule has 118 valence electrons. The molecule has 19 heavy (non-hydrogen) atoms. The van der Waals surface area contributed by atoms with Gasteiger partial charge in [-0.2, -0.15) is 0 Å². The highest BCUT2D eigenvalue weighted by atomic mass is 19.3. The number of aliphatic hydroxyl groups is 2. The Labute approximate surface area is 109 Å². The number of rotatable bonds is 8. The van der Waals surface area contributed by atoms with Gasteiger partial charge in [0, 0.05) is 6.61 Å². The lowest BCUT2D eigenvalue weighted by molar-refractivity contribution is -0.261. The Kier molecular flexibility index (Phi) is 13.8. The van der Waals surface area contributed by atoms with Crippen LogP contribution in [0.3, 0.4) is 0 Å². The number of ether oxygens (including phenoxy) is 3. The third-order valence-electron chi connectivity index (χ3n) is 1.33. The van der Waals surface area contributed by atoms with E-state index in [1.165, 1.54) is 13.8 Å². The monoisotopic (exact) mass is 296 g/mol. The minimum Gasteiger partial charge on any atom is -0.368 e. The van der Waals surface area contributed by atoms with Crippen LogP contribution < -0.4 is 0 Å². The molecule has 0 bridgehead atoms. The van der Waals surface area contributed by atoms with Gasteiger partial charge in [0.2, 0.25) is 6.29 Å². The minimum absolute atomic E-state index is 0.127. The van der Waals surface area contributed by atoms with Crippen molar-refractivity contribution in [3.8, 4) is 0 Å². The summed E-state index contributed by atoms with van der Waals surface area (Å²) in [5.41, 5.74) is 0. The third-order valence-corrected chi connectivity index (χ3v) is 1.33. The average Bonchev–Trinajstić information content (AvgIpc) is 2.26. The molecule has 0 aromatic rings. The molecule has 2 N–H and O–H groups in total. The van der Waals surface area contributed by atoms with E-state index in [0.717, 1.165) is 0 Å². The van der Waals surface area contributed by atoms with Gasteiger partial charge in [-0.05, 0) is 20.8 Å². The van der Waals surface area contributed by atoms with Crippen LogP contribution in [0.4, 0.5) is 17.6 Å². The lowest BCUT2D eigenvalue weighted by Crippen LogP contribution is -2.29. The maximum absolute atomic E-state index is 11.9. The van der Waals surface area contributed by atoms with Crippen LogP contribution in [-0.2, 0) is 14.2 Å². The van der Waals surface area contributed by atoms with Gasteiger partial charge in [-0.25, -0.2) is 17.6 Å². The molecule has 0 aliphatic rings. The first-order valence-electron chi connectivity index (χ1n) is 5.51. The molecular weight excluding hydrogens is 276 g/mol. The Morgan fingerprint density at radius 2 is 1.47 bits per heavy atom. The molecule has 3 unspecified atom stereocenters. The Morgan fingerprint density at radius 3 is 1.68 bits per heavy atom. The maximum Gasteiger partial charge on any atom is 0.288 e. The molecule has 0 fully saturated rings. The smallest absolute Gasteiger partial charge is 0.288 e. The van der Waals surface area contributed by atoms with Crippen LogP contribution in [0.25, 0.3) is 0 Å². The number of alkyl halides is 4. The lowest BCUT2D eigenvalue weighted by Gasteiger charge is -2.17. The third kappa shape index (κ3) is 17.5. The molecule has 3 atom stereocenters. The molecule has 0 radical (unpaired) electrons. The van der Waals surface area contributed by atoms with E-state index in [1.807, 2.05) is 0 Å². The summed E-state index contributed by atoms with van der Waals surface area (Å²) in [6.07, 6.45) is -9.18. The molecule has 0 aromatic heterocycles. The van der Waals surface area contributed by atoms with Crippen LogP contribution in [0.1, 0.15) is 20.8 Å². The quantitative estimate of drug-likeness (QED) is 0.526. The Bertz CT molecular complexity index is 185. The molecule has 0 saturated heterocycles. The molecule has 0 aliphatic carbocycles. The summed E-state index contributed by atoms with van der Waals surface area (Å²) in [5.74, 6) is 0. The lowest BCUT2D eigenvalue weighted by atomic mass is 10.6. The SMILES string of the molecule is CC(O)OCC(F)F.CCOC(OC(C)O)C(F)F. The number of halogens is 4. The predicted molar refractivity (Wildman–Crippen MR) is 57.8 cm³/mol. The van der Waals surface area contributed by atoms with Crippen LogP contribution in [0, 0.1) is 0 Å². The van der Waals surface area contributed by atoms with Crippen molar-refractivity contribution in [2.24, 2.45) is 0 Å². The van der Waals surface area contributed by atoms with Crippen molar-refractivity contribution in [3.05, 3.63) is 0 Å². The van der Waals surface area contributed by atoms with Gasteiger partial charge in [0.15, 0.2) is 12.6 Å². The highest BCUT2D eigenvalue weighted by Gasteiger charge is 2.22. The second kappa shape index (κ2) is 12.5. The van der Waals surface area contributed by atoms with E-state index in [9.17, 15) is 17.6 Å². The average molecular weight is 296 g/mol. The molecule has 0 heterocycles. The standard InChI is InChI=1S/C6H12F2O3.C4H8F2O2/c1-3-10-6(5(7)8)11-4(2)9;1-3(7)8-2-4(5)6/h4-6,9H,3H2,1-2H3;3-4,7H,2H2,1H3. The van der Waals surface area contributed by atoms with E-state index in [0.29, 0.717) is 0 Å². The zero-order valence-corrected chi connectivity index (χ0v) is 10.9. The summed E-state index contributed by atoms with van der Waals surface area (Å²) in [5, 5.41) is 16.8. The summed E-state index contributed by atoms with van der Waals surface area (Å²) in [6, 6.07) is 0. The van der Waals surface area contributed by atoms with Gasteiger partial charge in [0.05, 0.1) is 0 Å². The van der Waals surface area contributed by atoms with Crippen LogP contribution >= 0.6 is 0 Å². The summed E-state index contributed by atoms with van der Waals surface area (Å²) in [7, 11) is 0. The van der Waals surface area contributed by atoms with E-state index in [2.05, 4.69) is 14.2 Å². The van der Waals surface area contributed by atoms with Gasteiger partial charge in [-0.3, -0.25) is 0 Å². The highest BCUT2D eigenvalue weighted by molar-refractivity contribution is 4.46. The molecule has 0 saturated carbocycles. The Morgan fingerprint density at radius 1 is 0.947 bits per heavy atom.